The number of benzene rings is 2. The molecular weight excluding hydrogens is 382 g/mol. The molecule has 1 fully saturated rings. The molecule has 0 unspecified atom stereocenters. The third-order valence-electron chi connectivity index (χ3n) is 4.91. The SMILES string of the molecule is CCOc1ccc(C(=O)N2CCCN(C(=O)c3cccc(NC(C)=O)c3)CC2)cc1. The van der Waals surface area contributed by atoms with E-state index in [2.05, 4.69) is 5.32 Å². The Kier molecular flexibility index (Phi) is 7.06. The smallest absolute Gasteiger partial charge is 0.253 e. The van der Waals surface area contributed by atoms with Crippen molar-refractivity contribution in [3.63, 3.8) is 0 Å². The molecule has 0 bridgehead atoms. The Hall–Kier alpha value is -3.35. The Bertz CT molecular complexity index is 911. The lowest BCUT2D eigenvalue weighted by Crippen LogP contribution is -2.37. The first kappa shape index (κ1) is 21.4. The van der Waals surface area contributed by atoms with Crippen LogP contribution in [0.3, 0.4) is 0 Å². The second kappa shape index (κ2) is 9.91. The molecule has 3 rings (SSSR count). The summed E-state index contributed by atoms with van der Waals surface area (Å²) in [4.78, 5) is 40.6. The third kappa shape index (κ3) is 5.37. The van der Waals surface area contributed by atoms with E-state index in [1.54, 1.807) is 58.3 Å². The van der Waals surface area contributed by atoms with Gasteiger partial charge in [0.1, 0.15) is 5.75 Å². The average molecular weight is 409 g/mol. The van der Waals surface area contributed by atoms with Crippen LogP contribution in [-0.4, -0.2) is 60.3 Å². The molecule has 1 N–H and O–H groups in total. The average Bonchev–Trinajstić information content (AvgIpc) is 2.99. The van der Waals surface area contributed by atoms with Gasteiger partial charge in [0.25, 0.3) is 11.8 Å². The van der Waals surface area contributed by atoms with Gasteiger partial charge in [-0.15, -0.1) is 0 Å². The number of amides is 3. The van der Waals surface area contributed by atoms with Gasteiger partial charge >= 0.3 is 0 Å². The first-order valence-electron chi connectivity index (χ1n) is 10.2. The quantitative estimate of drug-likeness (QED) is 0.823. The second-order valence-corrected chi connectivity index (χ2v) is 7.16. The van der Waals surface area contributed by atoms with Gasteiger partial charge in [0.15, 0.2) is 0 Å². The molecule has 1 heterocycles. The summed E-state index contributed by atoms with van der Waals surface area (Å²) in [5.74, 6) is 0.415. The molecule has 2 aromatic carbocycles. The molecule has 1 aliphatic heterocycles. The molecule has 0 saturated carbocycles. The van der Waals surface area contributed by atoms with Crippen LogP contribution in [0.25, 0.3) is 0 Å². The van der Waals surface area contributed by atoms with Gasteiger partial charge in [-0.1, -0.05) is 6.07 Å². The van der Waals surface area contributed by atoms with Crippen molar-refractivity contribution in [2.24, 2.45) is 0 Å². The van der Waals surface area contributed by atoms with Crippen molar-refractivity contribution in [2.45, 2.75) is 20.3 Å². The summed E-state index contributed by atoms with van der Waals surface area (Å²) in [7, 11) is 0. The van der Waals surface area contributed by atoms with E-state index in [1.807, 2.05) is 6.92 Å². The van der Waals surface area contributed by atoms with Crippen molar-refractivity contribution in [3.05, 3.63) is 59.7 Å². The van der Waals surface area contributed by atoms with Gasteiger partial charge in [-0.25, -0.2) is 0 Å². The van der Waals surface area contributed by atoms with Crippen LogP contribution in [0.4, 0.5) is 5.69 Å². The van der Waals surface area contributed by atoms with Crippen LogP contribution >= 0.6 is 0 Å². The fourth-order valence-corrected chi connectivity index (χ4v) is 3.48. The lowest BCUT2D eigenvalue weighted by atomic mass is 10.1. The predicted octanol–water partition coefficient (Wildman–Crippen LogP) is 3.03. The van der Waals surface area contributed by atoms with Gasteiger partial charge in [0.2, 0.25) is 5.91 Å². The first-order valence-corrected chi connectivity index (χ1v) is 10.2. The van der Waals surface area contributed by atoms with E-state index in [4.69, 9.17) is 4.74 Å². The molecule has 2 aromatic rings. The van der Waals surface area contributed by atoms with Gasteiger partial charge in [0.05, 0.1) is 6.61 Å². The van der Waals surface area contributed by atoms with Crippen molar-refractivity contribution in [2.75, 3.05) is 38.1 Å². The van der Waals surface area contributed by atoms with Gasteiger partial charge in [-0.3, -0.25) is 14.4 Å². The minimum Gasteiger partial charge on any atom is -0.494 e. The molecule has 7 nitrogen and oxygen atoms in total. The minimum atomic E-state index is -0.183. The monoisotopic (exact) mass is 409 g/mol. The van der Waals surface area contributed by atoms with E-state index < -0.39 is 0 Å². The highest BCUT2D eigenvalue weighted by atomic mass is 16.5. The fourth-order valence-electron chi connectivity index (χ4n) is 3.48. The normalized spacial score (nSPS) is 14.1. The fraction of sp³-hybridized carbons (Fsp3) is 0.348. The second-order valence-electron chi connectivity index (χ2n) is 7.16. The zero-order valence-electron chi connectivity index (χ0n) is 17.4. The predicted molar refractivity (Wildman–Crippen MR) is 115 cm³/mol. The largest absolute Gasteiger partial charge is 0.494 e. The summed E-state index contributed by atoms with van der Waals surface area (Å²) < 4.78 is 5.43. The van der Waals surface area contributed by atoms with E-state index in [-0.39, 0.29) is 17.7 Å². The number of carbonyl (C=O) groups excluding carboxylic acids is 3. The molecule has 1 saturated heterocycles. The number of rotatable bonds is 5. The van der Waals surface area contributed by atoms with Crippen molar-refractivity contribution in [1.82, 2.24) is 9.80 Å². The van der Waals surface area contributed by atoms with E-state index in [0.29, 0.717) is 56.0 Å². The summed E-state index contributed by atoms with van der Waals surface area (Å²) in [5.41, 5.74) is 1.73. The lowest BCUT2D eigenvalue weighted by molar-refractivity contribution is -0.114. The highest BCUT2D eigenvalue weighted by Crippen LogP contribution is 2.17. The summed E-state index contributed by atoms with van der Waals surface area (Å²) >= 11 is 0. The van der Waals surface area contributed by atoms with Gasteiger partial charge < -0.3 is 19.9 Å². The lowest BCUT2D eigenvalue weighted by Gasteiger charge is -2.22. The van der Waals surface area contributed by atoms with E-state index in [9.17, 15) is 14.4 Å². The Morgan fingerprint density at radius 3 is 2.13 bits per heavy atom. The van der Waals surface area contributed by atoms with E-state index in [0.717, 1.165) is 5.75 Å². The molecule has 0 aliphatic carbocycles. The number of carbonyl (C=O) groups is 3. The Balaban J connectivity index is 1.63. The van der Waals surface area contributed by atoms with Gasteiger partial charge in [0, 0.05) is 49.9 Å². The standard InChI is InChI=1S/C23H27N3O4/c1-3-30-21-10-8-18(9-11-21)22(28)25-12-5-13-26(15-14-25)23(29)19-6-4-7-20(16-19)24-17(2)27/h4,6-11,16H,3,5,12-15H2,1-2H3,(H,24,27). The maximum atomic E-state index is 12.9. The van der Waals surface area contributed by atoms with Crippen molar-refractivity contribution < 1.29 is 19.1 Å². The van der Waals surface area contributed by atoms with Crippen LogP contribution < -0.4 is 10.1 Å². The molecule has 0 spiro atoms. The van der Waals surface area contributed by atoms with Crippen LogP contribution in [0, 0.1) is 0 Å². The van der Waals surface area contributed by atoms with Crippen molar-refractivity contribution >= 4 is 23.4 Å². The minimum absolute atomic E-state index is 0.0417. The number of anilines is 1. The van der Waals surface area contributed by atoms with Crippen LogP contribution in [0.5, 0.6) is 5.75 Å². The summed E-state index contributed by atoms with van der Waals surface area (Å²) in [6, 6.07) is 14.1. The zero-order valence-corrected chi connectivity index (χ0v) is 17.4. The molecule has 3 amide bonds. The van der Waals surface area contributed by atoms with E-state index in [1.165, 1.54) is 6.92 Å². The molecule has 30 heavy (non-hydrogen) atoms. The van der Waals surface area contributed by atoms with Crippen LogP contribution in [-0.2, 0) is 4.79 Å². The maximum Gasteiger partial charge on any atom is 0.253 e. The third-order valence-corrected chi connectivity index (χ3v) is 4.91. The molecule has 0 radical (unpaired) electrons. The Labute approximate surface area is 176 Å². The Morgan fingerprint density at radius 2 is 1.53 bits per heavy atom. The number of ether oxygens (including phenoxy) is 1. The highest BCUT2D eigenvalue weighted by Gasteiger charge is 2.23. The summed E-state index contributed by atoms with van der Waals surface area (Å²) in [5, 5.41) is 2.70. The highest BCUT2D eigenvalue weighted by molar-refractivity contribution is 5.97. The molecule has 0 aromatic heterocycles. The van der Waals surface area contributed by atoms with Crippen LogP contribution in [0.1, 0.15) is 41.0 Å². The van der Waals surface area contributed by atoms with E-state index >= 15 is 0 Å². The topological polar surface area (TPSA) is 79.0 Å². The zero-order chi connectivity index (χ0) is 21.5. The van der Waals surface area contributed by atoms with Crippen molar-refractivity contribution in [1.29, 1.82) is 0 Å². The molecular formula is C23H27N3O4. The number of nitrogens with one attached hydrogen (secondary N) is 1. The Morgan fingerprint density at radius 1 is 0.900 bits per heavy atom. The van der Waals surface area contributed by atoms with Gasteiger partial charge in [-0.2, -0.15) is 0 Å². The first-order chi connectivity index (χ1) is 14.5. The molecule has 158 valence electrons. The molecule has 0 atom stereocenters. The number of hydrogen-bond donors (Lipinski definition) is 1. The molecule has 1 aliphatic rings. The van der Waals surface area contributed by atoms with Crippen molar-refractivity contribution in [3.8, 4) is 5.75 Å². The van der Waals surface area contributed by atoms with Gasteiger partial charge in [-0.05, 0) is 55.8 Å². The summed E-state index contributed by atoms with van der Waals surface area (Å²) in [6.45, 7) is 6.04. The number of nitrogens with zero attached hydrogens (tertiary/aromatic N) is 2. The summed E-state index contributed by atoms with van der Waals surface area (Å²) in [6.07, 6.45) is 0.708. The number of hydrogen-bond acceptors (Lipinski definition) is 4. The molecule has 7 heteroatoms. The van der Waals surface area contributed by atoms with Crippen LogP contribution in [0.15, 0.2) is 48.5 Å². The maximum absolute atomic E-state index is 12.9. The van der Waals surface area contributed by atoms with Crippen LogP contribution in [0.2, 0.25) is 0 Å².